The first-order valence-corrected chi connectivity index (χ1v) is 12.8. The molecule has 3 heteroatoms. The molecule has 2 aliphatic carbocycles. The van der Waals surface area contributed by atoms with Gasteiger partial charge in [-0.1, -0.05) is 62.4 Å². The predicted molar refractivity (Wildman–Crippen MR) is 140 cm³/mol. The highest BCUT2D eigenvalue weighted by Crippen LogP contribution is 2.46. The van der Waals surface area contributed by atoms with Crippen LogP contribution in [0.4, 0.5) is 8.78 Å². The largest absolute Gasteiger partial charge is 0.252 e. The first-order valence-electron chi connectivity index (χ1n) is 12.8. The van der Waals surface area contributed by atoms with Crippen LogP contribution in [0.5, 0.6) is 0 Å². The Morgan fingerprint density at radius 1 is 0.971 bits per heavy atom. The van der Waals surface area contributed by atoms with Crippen LogP contribution in [0, 0.1) is 12.8 Å². The van der Waals surface area contributed by atoms with E-state index in [1.54, 1.807) is 0 Å². The summed E-state index contributed by atoms with van der Waals surface area (Å²) in [6.07, 6.45) is 2.31. The van der Waals surface area contributed by atoms with Gasteiger partial charge in [0.2, 0.25) is 5.92 Å². The molecule has 0 aliphatic heterocycles. The van der Waals surface area contributed by atoms with Gasteiger partial charge in [0.1, 0.15) is 0 Å². The van der Waals surface area contributed by atoms with Crippen LogP contribution in [-0.2, 0) is 12.8 Å². The van der Waals surface area contributed by atoms with Crippen molar-refractivity contribution in [2.75, 3.05) is 0 Å². The van der Waals surface area contributed by atoms with Crippen molar-refractivity contribution in [3.8, 4) is 22.4 Å². The minimum Gasteiger partial charge on any atom is -0.252 e. The van der Waals surface area contributed by atoms with Gasteiger partial charge in [0.25, 0.3) is 0 Å². The Bertz CT molecular complexity index is 1450. The van der Waals surface area contributed by atoms with E-state index in [0.717, 1.165) is 40.6 Å². The van der Waals surface area contributed by atoms with Crippen LogP contribution in [0.15, 0.2) is 60.7 Å². The van der Waals surface area contributed by atoms with Crippen LogP contribution in [-0.4, -0.2) is 10.9 Å². The van der Waals surface area contributed by atoms with Crippen molar-refractivity contribution < 1.29 is 8.78 Å². The number of hydrogen-bond donors (Lipinski definition) is 0. The third-order valence-corrected chi connectivity index (χ3v) is 7.72. The Morgan fingerprint density at radius 3 is 2.54 bits per heavy atom. The quantitative estimate of drug-likeness (QED) is 0.257. The number of aromatic nitrogens is 1. The predicted octanol–water partition coefficient (Wildman–Crippen LogP) is 8.88. The zero-order valence-electron chi connectivity index (χ0n) is 20.7. The zero-order valence-corrected chi connectivity index (χ0v) is 20.7. The smallest absolute Gasteiger partial charge is 0.248 e. The van der Waals surface area contributed by atoms with Gasteiger partial charge < -0.3 is 0 Å². The fourth-order valence-corrected chi connectivity index (χ4v) is 6.13. The molecule has 0 amide bonds. The molecule has 0 radical (unpaired) electrons. The standard InChI is InChI=1S/C32H31F2N/c1-19(2)12-25-16-24-15-21(23-10-11-32(33,34)18-23)8-9-27(24)31(35-25)30-14-20(3)13-28-26-7-5-4-6-22(26)17-29(28)30/h4-9,13-16,19,23H,10-12,17-18H2,1-3H3. The summed E-state index contributed by atoms with van der Waals surface area (Å²) >= 11 is 0. The van der Waals surface area contributed by atoms with Crippen LogP contribution < -0.4 is 0 Å². The third-order valence-electron chi connectivity index (χ3n) is 7.72. The van der Waals surface area contributed by atoms with Crippen molar-refractivity contribution in [1.82, 2.24) is 4.98 Å². The fourth-order valence-electron chi connectivity index (χ4n) is 6.13. The molecule has 0 N–H and O–H groups in total. The first kappa shape index (κ1) is 22.4. The van der Waals surface area contributed by atoms with Crippen LogP contribution >= 0.6 is 0 Å². The molecule has 1 saturated carbocycles. The number of alkyl halides is 2. The van der Waals surface area contributed by atoms with Gasteiger partial charge in [0.15, 0.2) is 0 Å². The van der Waals surface area contributed by atoms with Gasteiger partial charge in [-0.15, -0.1) is 0 Å². The van der Waals surface area contributed by atoms with Crippen molar-refractivity contribution in [2.24, 2.45) is 5.92 Å². The van der Waals surface area contributed by atoms with E-state index in [0.29, 0.717) is 12.3 Å². The Kier molecular flexibility index (Phi) is 5.28. The van der Waals surface area contributed by atoms with Crippen LogP contribution in [0.2, 0.25) is 0 Å². The summed E-state index contributed by atoms with van der Waals surface area (Å²) in [6.45, 7) is 6.58. The number of aryl methyl sites for hydroxylation is 1. The summed E-state index contributed by atoms with van der Waals surface area (Å²) in [5, 5.41) is 2.22. The van der Waals surface area contributed by atoms with Gasteiger partial charge in [-0.05, 0) is 88.9 Å². The molecule has 1 atom stereocenters. The highest BCUT2D eigenvalue weighted by molar-refractivity contribution is 5.98. The molecule has 35 heavy (non-hydrogen) atoms. The minimum atomic E-state index is -2.54. The second-order valence-electron chi connectivity index (χ2n) is 11.0. The molecule has 1 nitrogen and oxygen atoms in total. The van der Waals surface area contributed by atoms with Crippen molar-refractivity contribution in [2.45, 2.75) is 64.7 Å². The molecule has 0 bridgehead atoms. The van der Waals surface area contributed by atoms with Crippen LogP contribution in [0.25, 0.3) is 33.2 Å². The molecule has 2 aliphatic rings. The lowest BCUT2D eigenvalue weighted by atomic mass is 9.90. The third kappa shape index (κ3) is 4.05. The Labute approximate surface area is 206 Å². The van der Waals surface area contributed by atoms with Gasteiger partial charge >= 0.3 is 0 Å². The average Bonchev–Trinajstić information content (AvgIpc) is 3.37. The van der Waals surface area contributed by atoms with Crippen molar-refractivity contribution in [3.05, 3.63) is 88.6 Å². The molecule has 1 unspecified atom stereocenters. The SMILES string of the molecule is Cc1cc2c(c(-c3nc(CC(C)C)cc4cc(C5CCC(F)(F)C5)ccc34)c1)Cc1ccccc1-2. The molecule has 0 saturated heterocycles. The number of hydrogen-bond acceptors (Lipinski definition) is 1. The molecule has 3 aromatic carbocycles. The molecule has 0 spiro atoms. The normalized spacial score (nSPS) is 18.3. The molecular weight excluding hydrogens is 436 g/mol. The van der Waals surface area contributed by atoms with Gasteiger partial charge in [0, 0.05) is 29.5 Å². The van der Waals surface area contributed by atoms with E-state index in [-0.39, 0.29) is 18.8 Å². The second-order valence-corrected chi connectivity index (χ2v) is 11.0. The summed E-state index contributed by atoms with van der Waals surface area (Å²) in [5.41, 5.74) is 10.9. The number of fused-ring (bicyclic) bond motifs is 4. The summed E-state index contributed by atoms with van der Waals surface area (Å²) < 4.78 is 27.9. The highest BCUT2D eigenvalue weighted by Gasteiger charge is 2.40. The number of nitrogens with zero attached hydrogens (tertiary/aromatic N) is 1. The Morgan fingerprint density at radius 2 is 1.77 bits per heavy atom. The first-order chi connectivity index (χ1) is 16.8. The lowest BCUT2D eigenvalue weighted by Gasteiger charge is -2.17. The Balaban J connectivity index is 1.54. The summed E-state index contributed by atoms with van der Waals surface area (Å²) in [6, 6.07) is 21.8. The highest BCUT2D eigenvalue weighted by atomic mass is 19.3. The zero-order chi connectivity index (χ0) is 24.3. The minimum absolute atomic E-state index is 0.00805. The van der Waals surface area contributed by atoms with Gasteiger partial charge in [-0.2, -0.15) is 0 Å². The average molecular weight is 468 g/mol. The molecule has 178 valence electrons. The number of benzene rings is 3. The van der Waals surface area contributed by atoms with E-state index >= 15 is 0 Å². The lowest BCUT2D eigenvalue weighted by Crippen LogP contribution is -2.09. The summed E-state index contributed by atoms with van der Waals surface area (Å²) in [7, 11) is 0. The van der Waals surface area contributed by atoms with Crippen LogP contribution in [0.3, 0.4) is 0 Å². The maximum absolute atomic E-state index is 14.0. The number of halogens is 2. The van der Waals surface area contributed by atoms with Crippen molar-refractivity contribution in [3.63, 3.8) is 0 Å². The number of pyridine rings is 1. The van der Waals surface area contributed by atoms with Gasteiger partial charge in [0.05, 0.1) is 5.69 Å². The topological polar surface area (TPSA) is 12.9 Å². The molecular formula is C32H31F2N. The van der Waals surface area contributed by atoms with Gasteiger partial charge in [-0.25, -0.2) is 8.78 Å². The van der Waals surface area contributed by atoms with Crippen molar-refractivity contribution in [1.29, 1.82) is 0 Å². The van der Waals surface area contributed by atoms with E-state index in [2.05, 4.69) is 81.4 Å². The maximum Gasteiger partial charge on any atom is 0.248 e. The molecule has 1 aromatic heterocycles. The monoisotopic (exact) mass is 467 g/mol. The molecule has 4 aromatic rings. The van der Waals surface area contributed by atoms with E-state index in [4.69, 9.17) is 4.98 Å². The summed E-state index contributed by atoms with van der Waals surface area (Å²) in [4.78, 5) is 5.22. The van der Waals surface area contributed by atoms with Crippen molar-refractivity contribution >= 4 is 10.8 Å². The second kappa shape index (κ2) is 8.26. The van der Waals surface area contributed by atoms with Gasteiger partial charge in [-0.3, -0.25) is 4.98 Å². The Hall–Kier alpha value is -3.07. The van der Waals surface area contributed by atoms with Crippen LogP contribution in [0.1, 0.15) is 67.0 Å². The molecule has 1 heterocycles. The van der Waals surface area contributed by atoms with E-state index in [1.165, 1.54) is 33.4 Å². The maximum atomic E-state index is 14.0. The van der Waals surface area contributed by atoms with E-state index in [9.17, 15) is 8.78 Å². The number of rotatable bonds is 4. The van der Waals surface area contributed by atoms with E-state index < -0.39 is 5.92 Å². The lowest BCUT2D eigenvalue weighted by molar-refractivity contribution is 0.00777. The fraction of sp³-hybridized carbons (Fsp3) is 0.344. The summed E-state index contributed by atoms with van der Waals surface area (Å²) in [5.74, 6) is -2.13. The molecule has 1 fully saturated rings. The molecule has 6 rings (SSSR count). The van der Waals surface area contributed by atoms with E-state index in [1.807, 2.05) is 0 Å².